The molecule has 106 valence electrons. The molecule has 0 aliphatic carbocycles. The standard InChI is InChI=1S/C19H13ClN2/c20-18-17(21-19(22-18)14-7-2-1-3-8-14)16-11-10-13-6-4-5-9-15(13)12-16/h1-12H,(H,21,22). The van der Waals surface area contributed by atoms with Crippen LogP contribution in [0.15, 0.2) is 72.8 Å². The van der Waals surface area contributed by atoms with Crippen molar-refractivity contribution in [1.29, 1.82) is 0 Å². The molecule has 0 aliphatic rings. The van der Waals surface area contributed by atoms with Gasteiger partial charge in [-0.3, -0.25) is 0 Å². The van der Waals surface area contributed by atoms with E-state index in [1.807, 2.05) is 42.5 Å². The molecule has 0 bridgehead atoms. The third kappa shape index (κ3) is 2.28. The van der Waals surface area contributed by atoms with Gasteiger partial charge < -0.3 is 4.98 Å². The van der Waals surface area contributed by atoms with E-state index >= 15 is 0 Å². The van der Waals surface area contributed by atoms with Gasteiger partial charge in [-0.25, -0.2) is 4.98 Å². The van der Waals surface area contributed by atoms with Crippen molar-refractivity contribution in [3.05, 3.63) is 77.9 Å². The summed E-state index contributed by atoms with van der Waals surface area (Å²) in [5.41, 5.74) is 2.82. The minimum Gasteiger partial charge on any atom is -0.329 e. The Morgan fingerprint density at radius 3 is 2.27 bits per heavy atom. The average molecular weight is 305 g/mol. The van der Waals surface area contributed by atoms with Crippen molar-refractivity contribution in [2.45, 2.75) is 0 Å². The van der Waals surface area contributed by atoms with E-state index in [0.717, 1.165) is 22.6 Å². The maximum Gasteiger partial charge on any atom is 0.139 e. The molecule has 0 aliphatic heterocycles. The summed E-state index contributed by atoms with van der Waals surface area (Å²) in [7, 11) is 0. The van der Waals surface area contributed by atoms with Crippen LogP contribution in [0.4, 0.5) is 0 Å². The monoisotopic (exact) mass is 304 g/mol. The van der Waals surface area contributed by atoms with Gasteiger partial charge >= 0.3 is 0 Å². The molecular weight excluding hydrogens is 292 g/mol. The van der Waals surface area contributed by atoms with Gasteiger partial charge in [-0.05, 0) is 16.8 Å². The quantitative estimate of drug-likeness (QED) is 0.516. The highest BCUT2D eigenvalue weighted by molar-refractivity contribution is 6.32. The molecule has 0 saturated heterocycles. The van der Waals surface area contributed by atoms with Crippen LogP contribution in [-0.2, 0) is 0 Å². The lowest BCUT2D eigenvalue weighted by Gasteiger charge is -2.01. The molecule has 4 rings (SSSR count). The Morgan fingerprint density at radius 2 is 1.45 bits per heavy atom. The van der Waals surface area contributed by atoms with Gasteiger partial charge in [0.2, 0.25) is 0 Å². The van der Waals surface area contributed by atoms with Gasteiger partial charge in [0.25, 0.3) is 0 Å². The highest BCUT2D eigenvalue weighted by Gasteiger charge is 2.12. The van der Waals surface area contributed by atoms with Crippen LogP contribution in [0.3, 0.4) is 0 Å². The van der Waals surface area contributed by atoms with Crippen molar-refractivity contribution in [3.8, 4) is 22.6 Å². The molecule has 1 aromatic heterocycles. The number of aromatic amines is 1. The van der Waals surface area contributed by atoms with Crippen molar-refractivity contribution in [3.63, 3.8) is 0 Å². The smallest absolute Gasteiger partial charge is 0.139 e. The Labute approximate surface area is 133 Å². The Balaban J connectivity index is 1.83. The SMILES string of the molecule is Clc1[nH]c(-c2ccccc2)nc1-c1ccc2ccccc2c1. The van der Waals surface area contributed by atoms with Gasteiger partial charge in [0, 0.05) is 11.1 Å². The fourth-order valence-corrected chi connectivity index (χ4v) is 2.85. The molecule has 2 nitrogen and oxygen atoms in total. The number of H-pyrrole nitrogens is 1. The highest BCUT2D eigenvalue weighted by atomic mass is 35.5. The minimum atomic E-state index is 0.564. The summed E-state index contributed by atoms with van der Waals surface area (Å²) >= 11 is 6.36. The van der Waals surface area contributed by atoms with Gasteiger partial charge in [0.1, 0.15) is 16.7 Å². The molecule has 1 heterocycles. The van der Waals surface area contributed by atoms with E-state index < -0.39 is 0 Å². The molecule has 0 radical (unpaired) electrons. The number of hydrogen-bond acceptors (Lipinski definition) is 1. The predicted octanol–water partition coefficient (Wildman–Crippen LogP) is 5.55. The Bertz CT molecular complexity index is 942. The van der Waals surface area contributed by atoms with Crippen molar-refractivity contribution >= 4 is 22.4 Å². The van der Waals surface area contributed by atoms with Crippen LogP contribution in [0.2, 0.25) is 5.15 Å². The molecule has 22 heavy (non-hydrogen) atoms. The summed E-state index contributed by atoms with van der Waals surface area (Å²) in [5.74, 6) is 0.786. The number of fused-ring (bicyclic) bond motifs is 1. The highest BCUT2D eigenvalue weighted by Crippen LogP contribution is 2.31. The maximum atomic E-state index is 6.36. The molecule has 1 N–H and O–H groups in total. The first-order chi connectivity index (χ1) is 10.8. The Kier molecular flexibility index (Phi) is 3.17. The number of rotatable bonds is 2. The summed E-state index contributed by atoms with van der Waals surface area (Å²) < 4.78 is 0. The van der Waals surface area contributed by atoms with Crippen LogP contribution in [0.1, 0.15) is 0 Å². The number of hydrogen-bond donors (Lipinski definition) is 1. The van der Waals surface area contributed by atoms with Gasteiger partial charge in [0.15, 0.2) is 0 Å². The number of nitrogens with one attached hydrogen (secondary N) is 1. The van der Waals surface area contributed by atoms with E-state index in [-0.39, 0.29) is 0 Å². The summed E-state index contributed by atoms with van der Waals surface area (Å²) in [5, 5.41) is 2.95. The molecule has 3 heteroatoms. The zero-order chi connectivity index (χ0) is 14.9. The van der Waals surface area contributed by atoms with Gasteiger partial charge in [-0.1, -0.05) is 78.3 Å². The predicted molar refractivity (Wildman–Crippen MR) is 92.0 cm³/mol. The molecule has 0 fully saturated rings. The molecule has 0 atom stereocenters. The van der Waals surface area contributed by atoms with E-state index in [1.165, 1.54) is 10.8 Å². The second kappa shape index (κ2) is 5.32. The lowest BCUT2D eigenvalue weighted by atomic mass is 10.1. The molecular formula is C19H13ClN2. The van der Waals surface area contributed by atoms with E-state index in [2.05, 4.69) is 40.3 Å². The minimum absolute atomic E-state index is 0.564. The molecule has 0 amide bonds. The first-order valence-electron chi connectivity index (χ1n) is 7.11. The van der Waals surface area contributed by atoms with Crippen LogP contribution in [-0.4, -0.2) is 9.97 Å². The van der Waals surface area contributed by atoms with Crippen LogP contribution in [0.25, 0.3) is 33.4 Å². The normalized spacial score (nSPS) is 11.0. The number of aromatic nitrogens is 2. The van der Waals surface area contributed by atoms with Crippen molar-refractivity contribution in [2.24, 2.45) is 0 Å². The third-order valence-corrected chi connectivity index (χ3v) is 4.00. The lowest BCUT2D eigenvalue weighted by Crippen LogP contribution is -1.81. The number of halogens is 1. The van der Waals surface area contributed by atoms with Gasteiger partial charge in [0.05, 0.1) is 0 Å². The molecule has 3 aromatic carbocycles. The van der Waals surface area contributed by atoms with Crippen molar-refractivity contribution < 1.29 is 0 Å². The first-order valence-corrected chi connectivity index (χ1v) is 7.49. The Hall–Kier alpha value is -2.58. The molecule has 0 unspecified atom stereocenters. The Morgan fingerprint density at radius 1 is 0.727 bits per heavy atom. The fraction of sp³-hybridized carbons (Fsp3) is 0. The van der Waals surface area contributed by atoms with E-state index in [9.17, 15) is 0 Å². The van der Waals surface area contributed by atoms with E-state index in [4.69, 9.17) is 11.6 Å². The second-order valence-electron chi connectivity index (χ2n) is 5.18. The zero-order valence-corrected chi connectivity index (χ0v) is 12.5. The lowest BCUT2D eigenvalue weighted by molar-refractivity contribution is 1.31. The average Bonchev–Trinajstić information content (AvgIpc) is 2.97. The number of nitrogens with zero attached hydrogens (tertiary/aromatic N) is 1. The van der Waals surface area contributed by atoms with Crippen molar-refractivity contribution in [1.82, 2.24) is 9.97 Å². The molecule has 4 aromatic rings. The topological polar surface area (TPSA) is 28.7 Å². The second-order valence-corrected chi connectivity index (χ2v) is 5.55. The third-order valence-electron chi connectivity index (χ3n) is 3.73. The van der Waals surface area contributed by atoms with Crippen LogP contribution in [0.5, 0.6) is 0 Å². The number of benzene rings is 3. The molecule has 0 saturated carbocycles. The summed E-state index contributed by atoms with van der Waals surface area (Å²) in [6, 6.07) is 24.5. The maximum absolute atomic E-state index is 6.36. The van der Waals surface area contributed by atoms with Crippen molar-refractivity contribution in [2.75, 3.05) is 0 Å². The number of imidazole rings is 1. The van der Waals surface area contributed by atoms with E-state index in [1.54, 1.807) is 0 Å². The summed E-state index contributed by atoms with van der Waals surface area (Å²) in [4.78, 5) is 7.83. The van der Waals surface area contributed by atoms with E-state index in [0.29, 0.717) is 5.15 Å². The van der Waals surface area contributed by atoms with Gasteiger partial charge in [-0.2, -0.15) is 0 Å². The van der Waals surface area contributed by atoms with Crippen LogP contribution >= 0.6 is 11.6 Å². The summed E-state index contributed by atoms with van der Waals surface area (Å²) in [6.45, 7) is 0. The largest absolute Gasteiger partial charge is 0.329 e. The summed E-state index contributed by atoms with van der Waals surface area (Å²) in [6.07, 6.45) is 0. The van der Waals surface area contributed by atoms with Crippen LogP contribution in [0, 0.1) is 0 Å². The zero-order valence-electron chi connectivity index (χ0n) is 11.8. The first kappa shape index (κ1) is 13.1. The van der Waals surface area contributed by atoms with Crippen LogP contribution < -0.4 is 0 Å². The fourth-order valence-electron chi connectivity index (χ4n) is 2.61. The van der Waals surface area contributed by atoms with Gasteiger partial charge in [-0.15, -0.1) is 0 Å². The molecule has 0 spiro atoms.